The third-order valence-corrected chi connectivity index (χ3v) is 13.9. The molecule has 414 valence electrons. The third-order valence-electron chi connectivity index (χ3n) is 13.9. The van der Waals surface area contributed by atoms with Gasteiger partial charge in [-0.1, -0.05) is 126 Å². The molecule has 1 aliphatic rings. The molecule has 0 saturated carbocycles. The summed E-state index contributed by atoms with van der Waals surface area (Å²) < 4.78 is 0. The van der Waals surface area contributed by atoms with Crippen molar-refractivity contribution in [1.29, 1.82) is 5.26 Å². The number of nitrogens with one attached hydrogen (secondary N) is 8. The summed E-state index contributed by atoms with van der Waals surface area (Å²) in [4.78, 5) is 121. The van der Waals surface area contributed by atoms with E-state index >= 15 is 0 Å². The quantitative estimate of drug-likeness (QED) is 0.0350. The van der Waals surface area contributed by atoms with Crippen molar-refractivity contribution in [2.75, 3.05) is 11.4 Å². The van der Waals surface area contributed by atoms with Crippen molar-refractivity contribution in [1.82, 2.24) is 42.5 Å². The number of nitrogens with zero attached hydrogens (tertiary/aromatic N) is 2. The van der Waals surface area contributed by atoms with Gasteiger partial charge in [0.05, 0.1) is 23.7 Å². The molecular formula is C59H74N10O9. The number of nitriles is 1. The topological polar surface area (TPSA) is 277 Å². The lowest BCUT2D eigenvalue weighted by molar-refractivity contribution is -0.140. The Kier molecular flexibility index (Phi) is 23.1. The van der Waals surface area contributed by atoms with E-state index in [4.69, 9.17) is 0 Å². The summed E-state index contributed by atoms with van der Waals surface area (Å²) in [5, 5.41) is 31.3. The molecule has 4 unspecified atom stereocenters. The number of rotatable bonds is 27. The van der Waals surface area contributed by atoms with Gasteiger partial charge in [0.25, 0.3) is 11.8 Å². The summed E-state index contributed by atoms with van der Waals surface area (Å²) in [7, 11) is 0. The molecule has 1 fully saturated rings. The second kappa shape index (κ2) is 29.8. The summed E-state index contributed by atoms with van der Waals surface area (Å²) in [5.74, 6) is -5.39. The van der Waals surface area contributed by atoms with Crippen molar-refractivity contribution in [2.24, 2.45) is 17.8 Å². The lowest BCUT2D eigenvalue weighted by Gasteiger charge is -2.28. The molecule has 1 saturated heterocycles. The number of anilines is 1. The molecule has 78 heavy (non-hydrogen) atoms. The maximum Gasteiger partial charge on any atom is 0.315 e. The van der Waals surface area contributed by atoms with Gasteiger partial charge in [-0.25, -0.2) is 9.59 Å². The normalized spacial score (nSPS) is 14.3. The van der Waals surface area contributed by atoms with Crippen LogP contribution in [0.15, 0.2) is 97.1 Å². The molecule has 5 rings (SSSR count). The van der Waals surface area contributed by atoms with Crippen LogP contribution in [0.2, 0.25) is 0 Å². The second-order valence-electron chi connectivity index (χ2n) is 20.2. The zero-order chi connectivity index (χ0) is 56.9. The molecule has 1 aliphatic heterocycles. The minimum absolute atomic E-state index is 0.0595. The van der Waals surface area contributed by atoms with Crippen LogP contribution >= 0.6 is 0 Å². The maximum absolute atomic E-state index is 14.0. The summed E-state index contributed by atoms with van der Waals surface area (Å²) in [6.07, 6.45) is 2.09. The molecule has 0 aliphatic carbocycles. The van der Waals surface area contributed by atoms with Crippen LogP contribution in [0.1, 0.15) is 113 Å². The van der Waals surface area contributed by atoms with Crippen LogP contribution < -0.4 is 47.4 Å². The molecule has 8 N–H and O–H groups in total. The highest BCUT2D eigenvalue weighted by molar-refractivity contribution is 6.39. The average Bonchev–Trinajstić information content (AvgIpc) is 3.87. The maximum atomic E-state index is 14.0. The van der Waals surface area contributed by atoms with Gasteiger partial charge in [0.1, 0.15) is 12.1 Å². The van der Waals surface area contributed by atoms with E-state index in [2.05, 4.69) is 48.6 Å². The second-order valence-corrected chi connectivity index (χ2v) is 20.2. The molecule has 1 heterocycles. The number of Topliss-reactive ketones (excluding diaryl/α,β-unsaturated/α-hetero) is 2. The van der Waals surface area contributed by atoms with E-state index in [0.29, 0.717) is 30.5 Å². The number of hydrogen-bond donors (Lipinski definition) is 8. The average molecular weight is 1070 g/mol. The van der Waals surface area contributed by atoms with Gasteiger partial charge in [0.15, 0.2) is 0 Å². The van der Waals surface area contributed by atoms with Gasteiger partial charge in [-0.3, -0.25) is 33.6 Å². The Balaban J connectivity index is 1.17. The summed E-state index contributed by atoms with van der Waals surface area (Å²) in [5.41, 5.74) is 5.58. The molecule has 19 heteroatoms. The van der Waals surface area contributed by atoms with Crippen LogP contribution in [0, 0.1) is 36.0 Å². The number of benzene rings is 4. The van der Waals surface area contributed by atoms with Gasteiger partial charge in [-0.15, -0.1) is 0 Å². The first-order valence-electron chi connectivity index (χ1n) is 26.6. The number of carbonyl (C=O) groups excluding carboxylic acids is 9. The van der Waals surface area contributed by atoms with E-state index in [1.165, 1.54) is 0 Å². The number of amides is 9. The summed E-state index contributed by atoms with van der Waals surface area (Å²) in [6.45, 7) is 13.5. The molecule has 9 amide bonds. The Morgan fingerprint density at radius 2 is 1.15 bits per heavy atom. The lowest BCUT2D eigenvalue weighted by Crippen LogP contribution is -2.57. The molecule has 4 aromatic rings. The van der Waals surface area contributed by atoms with Gasteiger partial charge >= 0.3 is 12.1 Å². The van der Waals surface area contributed by atoms with Crippen molar-refractivity contribution in [2.45, 2.75) is 137 Å². The van der Waals surface area contributed by atoms with Gasteiger partial charge in [0.2, 0.25) is 29.3 Å². The van der Waals surface area contributed by atoms with Crippen LogP contribution in [-0.4, -0.2) is 83.9 Å². The number of urea groups is 2. The number of aryl methyl sites for hydroxylation is 1. The first-order valence-corrected chi connectivity index (χ1v) is 26.6. The fourth-order valence-corrected chi connectivity index (χ4v) is 9.01. The fraction of sp³-hybridized carbons (Fsp3) is 0.424. The van der Waals surface area contributed by atoms with Crippen molar-refractivity contribution < 1.29 is 43.2 Å². The van der Waals surface area contributed by atoms with Crippen LogP contribution in [0.4, 0.5) is 15.3 Å². The minimum Gasteiger partial charge on any atom is -0.345 e. The number of hydrogen-bond acceptors (Lipinski definition) is 10. The smallest absolute Gasteiger partial charge is 0.315 e. The van der Waals surface area contributed by atoms with Crippen molar-refractivity contribution >= 4 is 58.9 Å². The molecule has 0 aromatic heterocycles. The lowest BCUT2D eigenvalue weighted by atomic mass is 9.89. The molecule has 19 nitrogen and oxygen atoms in total. The Morgan fingerprint density at radius 3 is 1.76 bits per heavy atom. The van der Waals surface area contributed by atoms with Crippen LogP contribution in [0.3, 0.4) is 0 Å². The Bertz CT molecular complexity index is 2810. The van der Waals surface area contributed by atoms with Gasteiger partial charge in [-0.2, -0.15) is 5.26 Å². The highest BCUT2D eigenvalue weighted by atomic mass is 16.2. The Labute approximate surface area is 456 Å². The molecule has 0 bridgehead atoms. The monoisotopic (exact) mass is 1070 g/mol. The van der Waals surface area contributed by atoms with E-state index in [-0.39, 0.29) is 69.1 Å². The molecule has 0 radical (unpaired) electrons. The van der Waals surface area contributed by atoms with E-state index in [1.54, 1.807) is 68.1 Å². The largest absolute Gasteiger partial charge is 0.345 e. The predicted octanol–water partition coefficient (Wildman–Crippen LogP) is 5.45. The standard InChI is InChI=1S/C59H74N10O9/c1-8-47(52(71)57(76)62-35-44-21-13-16-38(6)46(44)31-60)65-54(73)49(67-58(77)63-33-40-17-11-10-12-18-40)29-37(5)28-42-19-14-20-43(30-42)34-64-59(78)68-51(39(7)36(3)4)55(74)66-48(9-2)53(72)56(75)61-32-41-23-25-45(26-24-41)69-27-15-22-50(69)70/h10-14,16-21,23-26,30,36-37,39,47-49,51H,8-9,15,22,27-29,32-35H2,1-7H3,(H,61,75)(H,62,76)(H,65,73)(H,66,74)(H2,63,67,77)(H2,64,68,78)/t37?,39?,47?,48?,49-,51-/m0/s1. The molecule has 6 atom stereocenters. The first kappa shape index (κ1) is 60.5. The number of carbonyl (C=O) groups is 9. The fourth-order valence-electron chi connectivity index (χ4n) is 9.01. The SMILES string of the molecule is CCC(NC(=O)[C@H](CC(C)Cc1cccc(CNC(=O)N[C@H](C(=O)NC(CC)C(=O)C(=O)NCc2ccc(N3CCCC3=O)cc2)C(C)C(C)C)c1)NC(=O)NCc1ccccc1)C(=O)C(=O)NCc1cccc(C)c1C#N. The van der Waals surface area contributed by atoms with E-state index in [9.17, 15) is 48.4 Å². The van der Waals surface area contributed by atoms with Crippen LogP contribution in [0.25, 0.3) is 0 Å². The zero-order valence-corrected chi connectivity index (χ0v) is 45.6. The molecular weight excluding hydrogens is 993 g/mol. The molecule has 0 spiro atoms. The highest BCUT2D eigenvalue weighted by Gasteiger charge is 2.34. The van der Waals surface area contributed by atoms with Crippen molar-refractivity contribution in [3.63, 3.8) is 0 Å². The van der Waals surface area contributed by atoms with E-state index in [0.717, 1.165) is 39.9 Å². The summed E-state index contributed by atoms with van der Waals surface area (Å²) in [6, 6.07) is 25.3. The van der Waals surface area contributed by atoms with Gasteiger partial charge in [0, 0.05) is 44.8 Å². The number of ketones is 2. The predicted molar refractivity (Wildman–Crippen MR) is 295 cm³/mol. The van der Waals surface area contributed by atoms with E-state index < -0.39 is 71.4 Å². The van der Waals surface area contributed by atoms with Gasteiger partial charge < -0.3 is 47.4 Å². The van der Waals surface area contributed by atoms with Gasteiger partial charge in [-0.05, 0) is 102 Å². The Morgan fingerprint density at radius 1 is 0.603 bits per heavy atom. The van der Waals surface area contributed by atoms with Crippen molar-refractivity contribution in [3.8, 4) is 6.07 Å². The van der Waals surface area contributed by atoms with Crippen molar-refractivity contribution in [3.05, 3.63) is 136 Å². The van der Waals surface area contributed by atoms with E-state index in [1.807, 2.05) is 82.3 Å². The van der Waals surface area contributed by atoms with Crippen LogP contribution in [-0.2, 0) is 66.2 Å². The third kappa shape index (κ3) is 17.9. The minimum atomic E-state index is -1.20. The Hall–Kier alpha value is -8.40. The highest BCUT2D eigenvalue weighted by Crippen LogP contribution is 2.22. The zero-order valence-electron chi connectivity index (χ0n) is 45.6. The first-order chi connectivity index (χ1) is 37.3. The van der Waals surface area contributed by atoms with Crippen LogP contribution in [0.5, 0.6) is 0 Å². The molecule has 4 aromatic carbocycles. The summed E-state index contributed by atoms with van der Waals surface area (Å²) >= 11 is 0.